The zero-order valence-electron chi connectivity index (χ0n) is 13.6. The van der Waals surface area contributed by atoms with Gasteiger partial charge in [0.25, 0.3) is 0 Å². The Balaban J connectivity index is 1.90. The second kappa shape index (κ2) is 6.39. The molecule has 0 radical (unpaired) electrons. The Hall–Kier alpha value is -2.42. The van der Waals surface area contributed by atoms with Crippen LogP contribution in [0.2, 0.25) is 0 Å². The van der Waals surface area contributed by atoms with Gasteiger partial charge < -0.3 is 5.11 Å². The van der Waals surface area contributed by atoms with Gasteiger partial charge >= 0.3 is 5.97 Å². The third-order valence-electron chi connectivity index (χ3n) is 4.66. The lowest BCUT2D eigenvalue weighted by atomic mass is 9.96. The number of nitrogens with zero attached hydrogens (tertiary/aromatic N) is 2. The number of aromatic carboxylic acids is 1. The maximum atomic E-state index is 14.4. The second-order valence-electron chi connectivity index (χ2n) is 6.38. The molecule has 0 bridgehead atoms. The van der Waals surface area contributed by atoms with Gasteiger partial charge in [-0.1, -0.05) is 19.3 Å². The summed E-state index contributed by atoms with van der Waals surface area (Å²) < 4.78 is 29.6. The first kappa shape index (κ1) is 17.0. The van der Waals surface area contributed by atoms with Gasteiger partial charge in [-0.2, -0.15) is 0 Å². The van der Waals surface area contributed by atoms with Crippen molar-refractivity contribution in [2.24, 2.45) is 4.99 Å². The third-order valence-corrected chi connectivity index (χ3v) is 5.63. The molecule has 1 aliphatic carbocycles. The minimum absolute atomic E-state index is 0.0673. The normalized spacial score (nSPS) is 18.9. The summed E-state index contributed by atoms with van der Waals surface area (Å²) in [6.07, 6.45) is 6.22. The average Bonchev–Trinajstić information content (AvgIpc) is 2.62. The van der Waals surface area contributed by atoms with Gasteiger partial charge in [-0.25, -0.2) is 13.6 Å². The first-order valence-electron chi connectivity index (χ1n) is 8.29. The second-order valence-corrected chi connectivity index (χ2v) is 7.38. The molecule has 1 fully saturated rings. The molecule has 26 heavy (non-hydrogen) atoms. The quantitative estimate of drug-likeness (QED) is 0.836. The summed E-state index contributed by atoms with van der Waals surface area (Å²) >= 11 is 0.924. The van der Waals surface area contributed by atoms with E-state index in [2.05, 4.69) is 10.4 Å². The highest BCUT2D eigenvalue weighted by molar-refractivity contribution is 8.14. The van der Waals surface area contributed by atoms with E-state index in [0.717, 1.165) is 56.1 Å². The van der Waals surface area contributed by atoms with Crippen molar-refractivity contribution >= 4 is 33.8 Å². The summed E-state index contributed by atoms with van der Waals surface area (Å²) in [5, 5.41) is 9.41. The predicted molar refractivity (Wildman–Crippen MR) is 94.6 cm³/mol. The highest BCUT2D eigenvalue weighted by Gasteiger charge is 2.27. The Bertz CT molecular complexity index is 1010. The van der Waals surface area contributed by atoms with Crippen LogP contribution in [0.4, 0.5) is 8.78 Å². The number of benzene rings is 1. The van der Waals surface area contributed by atoms with Crippen LogP contribution in [0.3, 0.4) is 0 Å². The minimum atomic E-state index is -1.43. The zero-order valence-corrected chi connectivity index (χ0v) is 14.4. The molecule has 9 heteroatoms. The monoisotopic (exact) mass is 379 g/mol. The van der Waals surface area contributed by atoms with E-state index in [1.54, 1.807) is 0 Å². The molecule has 0 spiro atoms. The summed E-state index contributed by atoms with van der Waals surface area (Å²) in [7, 11) is 0. The predicted octanol–water partition coefficient (Wildman–Crippen LogP) is 3.32. The van der Waals surface area contributed by atoms with Gasteiger partial charge in [0.2, 0.25) is 5.43 Å². The molecule has 6 nitrogen and oxygen atoms in total. The highest BCUT2D eigenvalue weighted by Crippen LogP contribution is 2.35. The van der Waals surface area contributed by atoms with Gasteiger partial charge in [0.15, 0.2) is 16.8 Å². The van der Waals surface area contributed by atoms with E-state index in [0.29, 0.717) is 5.17 Å². The Morgan fingerprint density at radius 3 is 2.73 bits per heavy atom. The smallest absolute Gasteiger partial charge is 0.341 e. The van der Waals surface area contributed by atoms with Gasteiger partial charge in [0, 0.05) is 6.20 Å². The number of rotatable bonds is 2. The van der Waals surface area contributed by atoms with Crippen LogP contribution in [0.5, 0.6) is 0 Å². The molecule has 4 rings (SSSR count). The van der Waals surface area contributed by atoms with Gasteiger partial charge in [-0.3, -0.25) is 19.9 Å². The minimum Gasteiger partial charge on any atom is -0.477 e. The van der Waals surface area contributed by atoms with E-state index in [1.807, 2.05) is 0 Å². The number of nitrogens with one attached hydrogen (secondary N) is 1. The molecule has 1 aliphatic heterocycles. The molecule has 0 unspecified atom stereocenters. The SMILES string of the molecule is O=C(O)c1cn2c3c(c(F)c(F)cc3c1=O)SC(=NC1CCCCC1)N2. The topological polar surface area (TPSA) is 83.7 Å². The number of hydrogen-bond acceptors (Lipinski definition) is 4. The van der Waals surface area contributed by atoms with Crippen molar-refractivity contribution in [2.45, 2.75) is 43.0 Å². The van der Waals surface area contributed by atoms with Crippen LogP contribution in [0.15, 0.2) is 26.9 Å². The fourth-order valence-corrected chi connectivity index (χ4v) is 4.42. The number of thioether (sulfide) groups is 1. The first-order valence-corrected chi connectivity index (χ1v) is 9.10. The van der Waals surface area contributed by atoms with Crippen molar-refractivity contribution in [2.75, 3.05) is 5.43 Å². The van der Waals surface area contributed by atoms with E-state index in [4.69, 9.17) is 0 Å². The van der Waals surface area contributed by atoms with Gasteiger partial charge in [0.1, 0.15) is 5.56 Å². The van der Waals surface area contributed by atoms with E-state index in [1.165, 1.54) is 4.68 Å². The van der Waals surface area contributed by atoms with E-state index in [9.17, 15) is 23.5 Å². The summed E-state index contributed by atoms with van der Waals surface area (Å²) in [6.45, 7) is 0. The number of aliphatic imine (C=N–C) groups is 1. The molecule has 1 aromatic carbocycles. The van der Waals surface area contributed by atoms with Crippen LogP contribution >= 0.6 is 11.8 Å². The lowest BCUT2D eigenvalue weighted by Gasteiger charge is -2.25. The maximum Gasteiger partial charge on any atom is 0.341 e. The Labute approximate surface area is 150 Å². The fraction of sp³-hybridized carbons (Fsp3) is 0.353. The van der Waals surface area contributed by atoms with Crippen molar-refractivity contribution in [3.05, 3.63) is 39.7 Å². The molecular formula is C17H15F2N3O3S. The molecule has 0 amide bonds. The lowest BCUT2D eigenvalue weighted by Crippen LogP contribution is -2.31. The van der Waals surface area contributed by atoms with Crippen molar-refractivity contribution in [1.29, 1.82) is 0 Å². The third kappa shape index (κ3) is 2.76. The van der Waals surface area contributed by atoms with E-state index >= 15 is 0 Å². The number of carbonyl (C=O) groups is 1. The van der Waals surface area contributed by atoms with Crippen molar-refractivity contribution in [1.82, 2.24) is 4.68 Å². The fourth-order valence-electron chi connectivity index (χ4n) is 3.39. The average molecular weight is 379 g/mol. The molecule has 2 heterocycles. The van der Waals surface area contributed by atoms with Crippen LogP contribution in [-0.2, 0) is 0 Å². The van der Waals surface area contributed by atoms with Crippen LogP contribution < -0.4 is 10.9 Å². The molecule has 136 valence electrons. The molecule has 2 aromatic rings. The number of aromatic nitrogens is 1. The number of carboxylic acids is 1. The van der Waals surface area contributed by atoms with E-state index in [-0.39, 0.29) is 21.8 Å². The van der Waals surface area contributed by atoms with Gasteiger partial charge in [-0.05, 0) is 30.7 Å². The van der Waals surface area contributed by atoms with Crippen LogP contribution in [0, 0.1) is 11.6 Å². The van der Waals surface area contributed by atoms with Crippen LogP contribution in [0.1, 0.15) is 42.5 Å². The van der Waals surface area contributed by atoms with Crippen LogP contribution in [-0.4, -0.2) is 27.0 Å². The zero-order chi connectivity index (χ0) is 18.4. The summed E-state index contributed by atoms with van der Waals surface area (Å²) in [6, 6.07) is 0.830. The molecular weight excluding hydrogens is 364 g/mol. The number of halogens is 2. The number of pyridine rings is 1. The Morgan fingerprint density at radius 1 is 1.31 bits per heavy atom. The highest BCUT2D eigenvalue weighted by atomic mass is 32.2. The first-order chi connectivity index (χ1) is 12.5. The summed E-state index contributed by atoms with van der Waals surface area (Å²) in [4.78, 5) is 28.2. The molecule has 1 saturated carbocycles. The molecule has 0 saturated heterocycles. The molecule has 2 N–H and O–H groups in total. The number of amidine groups is 1. The molecule has 0 atom stereocenters. The largest absolute Gasteiger partial charge is 0.477 e. The molecule has 2 aliphatic rings. The maximum absolute atomic E-state index is 14.4. The molecule has 1 aromatic heterocycles. The standard InChI is InChI=1S/C17H15F2N3O3S/c18-11-6-9-13-15(12(11)19)26-17(20-8-4-2-1-3-5-8)21-22(13)7-10(14(9)23)16(24)25/h6-8H,1-5H2,(H,20,21)(H,24,25). The van der Waals surface area contributed by atoms with Gasteiger partial charge in [0.05, 0.1) is 21.8 Å². The van der Waals surface area contributed by atoms with Crippen LogP contribution in [0.25, 0.3) is 10.9 Å². The lowest BCUT2D eigenvalue weighted by molar-refractivity contribution is 0.0695. The van der Waals surface area contributed by atoms with Crippen molar-refractivity contribution < 1.29 is 18.7 Å². The van der Waals surface area contributed by atoms with Gasteiger partial charge in [-0.15, -0.1) is 0 Å². The van der Waals surface area contributed by atoms with E-state index < -0.39 is 28.6 Å². The number of carboxylic acid groups (broad SMARTS) is 1. The van der Waals surface area contributed by atoms with Crippen molar-refractivity contribution in [3.63, 3.8) is 0 Å². The van der Waals surface area contributed by atoms with Crippen molar-refractivity contribution in [3.8, 4) is 0 Å². The Kier molecular flexibility index (Phi) is 4.18. The summed E-state index contributed by atoms with van der Waals surface area (Å²) in [5.74, 6) is -3.69. The summed E-state index contributed by atoms with van der Waals surface area (Å²) in [5.41, 5.74) is 1.66. The number of hydrogen-bond donors (Lipinski definition) is 2. The Morgan fingerprint density at radius 2 is 2.04 bits per heavy atom.